The molecule has 11 heavy (non-hydrogen) atoms. The van der Waals surface area contributed by atoms with Gasteiger partial charge in [0.15, 0.2) is 0 Å². The van der Waals surface area contributed by atoms with E-state index in [2.05, 4.69) is 10.1 Å². The first-order chi connectivity index (χ1) is 5.16. The van der Waals surface area contributed by atoms with Crippen molar-refractivity contribution in [3.63, 3.8) is 0 Å². The van der Waals surface area contributed by atoms with Gasteiger partial charge in [0, 0.05) is 20.1 Å². The first-order valence-electron chi connectivity index (χ1n) is 3.57. The number of hydrogen-bond donors (Lipinski definition) is 1. The average Bonchev–Trinajstić information content (AvgIpc) is 1.97. The SMILES string of the molecule is COCNC(=O)CCN(C)C. The zero-order valence-electron chi connectivity index (χ0n) is 7.39. The Morgan fingerprint density at radius 2 is 2.18 bits per heavy atom. The van der Waals surface area contributed by atoms with E-state index < -0.39 is 0 Å². The Bertz CT molecular complexity index is 115. The third-order valence-corrected chi connectivity index (χ3v) is 1.20. The average molecular weight is 160 g/mol. The van der Waals surface area contributed by atoms with Crippen LogP contribution in [0.1, 0.15) is 6.42 Å². The van der Waals surface area contributed by atoms with Crippen LogP contribution in [-0.2, 0) is 9.53 Å². The smallest absolute Gasteiger partial charge is 0.223 e. The van der Waals surface area contributed by atoms with Gasteiger partial charge in [-0.05, 0) is 14.1 Å². The molecule has 0 fully saturated rings. The Labute approximate surface area is 67.5 Å². The largest absolute Gasteiger partial charge is 0.364 e. The Morgan fingerprint density at radius 3 is 2.64 bits per heavy atom. The van der Waals surface area contributed by atoms with E-state index in [0.717, 1.165) is 6.54 Å². The van der Waals surface area contributed by atoms with E-state index in [1.165, 1.54) is 0 Å². The van der Waals surface area contributed by atoms with Gasteiger partial charge in [0.05, 0.1) is 0 Å². The summed E-state index contributed by atoms with van der Waals surface area (Å²) in [7, 11) is 5.42. The summed E-state index contributed by atoms with van der Waals surface area (Å²) in [6, 6.07) is 0. The molecule has 0 spiro atoms. The third kappa shape index (κ3) is 7.29. The number of carbonyl (C=O) groups is 1. The molecule has 0 atom stereocenters. The summed E-state index contributed by atoms with van der Waals surface area (Å²) in [6.07, 6.45) is 0.524. The monoisotopic (exact) mass is 160 g/mol. The van der Waals surface area contributed by atoms with E-state index in [9.17, 15) is 4.79 Å². The first kappa shape index (κ1) is 10.4. The van der Waals surface area contributed by atoms with Crippen LogP contribution in [0.5, 0.6) is 0 Å². The van der Waals surface area contributed by atoms with Crippen LogP contribution in [0.25, 0.3) is 0 Å². The topological polar surface area (TPSA) is 41.6 Å². The Morgan fingerprint density at radius 1 is 1.55 bits per heavy atom. The summed E-state index contributed by atoms with van der Waals surface area (Å²) >= 11 is 0. The van der Waals surface area contributed by atoms with Crippen LogP contribution in [0, 0.1) is 0 Å². The summed E-state index contributed by atoms with van der Waals surface area (Å²) in [5.41, 5.74) is 0. The molecule has 0 unspecified atom stereocenters. The number of carbonyl (C=O) groups excluding carboxylic acids is 1. The molecule has 0 aliphatic carbocycles. The van der Waals surface area contributed by atoms with E-state index in [1.54, 1.807) is 7.11 Å². The minimum atomic E-state index is 0.0283. The molecule has 66 valence electrons. The molecule has 0 bridgehead atoms. The fraction of sp³-hybridized carbons (Fsp3) is 0.857. The van der Waals surface area contributed by atoms with Crippen molar-refractivity contribution in [2.24, 2.45) is 0 Å². The van der Waals surface area contributed by atoms with Crippen molar-refractivity contribution in [2.75, 3.05) is 34.5 Å². The maximum Gasteiger partial charge on any atom is 0.223 e. The van der Waals surface area contributed by atoms with Gasteiger partial charge >= 0.3 is 0 Å². The highest BCUT2D eigenvalue weighted by Gasteiger charge is 1.99. The fourth-order valence-electron chi connectivity index (χ4n) is 0.566. The van der Waals surface area contributed by atoms with Crippen molar-refractivity contribution in [3.05, 3.63) is 0 Å². The molecular weight excluding hydrogens is 144 g/mol. The summed E-state index contributed by atoms with van der Waals surface area (Å²) in [5.74, 6) is 0.0283. The Hall–Kier alpha value is -0.610. The molecular formula is C7H16N2O2. The molecule has 0 aliphatic heterocycles. The number of ether oxygens (including phenoxy) is 1. The molecule has 4 nitrogen and oxygen atoms in total. The predicted octanol–water partition coefficient (Wildman–Crippen LogP) is -0.342. The fourth-order valence-corrected chi connectivity index (χ4v) is 0.566. The molecule has 0 aliphatic rings. The van der Waals surface area contributed by atoms with Gasteiger partial charge in [0.1, 0.15) is 6.73 Å². The number of hydrogen-bond acceptors (Lipinski definition) is 3. The van der Waals surface area contributed by atoms with Crippen molar-refractivity contribution < 1.29 is 9.53 Å². The van der Waals surface area contributed by atoms with E-state index in [1.807, 2.05) is 19.0 Å². The summed E-state index contributed by atoms with van der Waals surface area (Å²) in [5, 5.41) is 2.60. The first-order valence-corrected chi connectivity index (χ1v) is 3.57. The van der Waals surface area contributed by atoms with Gasteiger partial charge in [-0.15, -0.1) is 0 Å². The zero-order valence-corrected chi connectivity index (χ0v) is 7.39. The summed E-state index contributed by atoms with van der Waals surface area (Å²) in [6.45, 7) is 1.07. The van der Waals surface area contributed by atoms with Crippen molar-refractivity contribution in [1.82, 2.24) is 10.2 Å². The lowest BCUT2D eigenvalue weighted by Crippen LogP contribution is -2.28. The van der Waals surface area contributed by atoms with Crippen LogP contribution in [0.4, 0.5) is 0 Å². The van der Waals surface area contributed by atoms with Crippen molar-refractivity contribution in [1.29, 1.82) is 0 Å². The summed E-state index contributed by atoms with van der Waals surface area (Å²) in [4.78, 5) is 12.9. The van der Waals surface area contributed by atoms with Gasteiger partial charge in [0.2, 0.25) is 5.91 Å². The lowest BCUT2D eigenvalue weighted by Gasteiger charge is -2.08. The molecule has 4 heteroatoms. The van der Waals surface area contributed by atoms with Gasteiger partial charge in [-0.25, -0.2) is 0 Å². The van der Waals surface area contributed by atoms with Gasteiger partial charge in [-0.1, -0.05) is 0 Å². The highest BCUT2D eigenvalue weighted by atomic mass is 16.5. The molecule has 1 N–H and O–H groups in total. The second-order valence-corrected chi connectivity index (χ2v) is 2.59. The van der Waals surface area contributed by atoms with Gasteiger partial charge in [-0.2, -0.15) is 0 Å². The van der Waals surface area contributed by atoms with Gasteiger partial charge in [-0.3, -0.25) is 4.79 Å². The van der Waals surface area contributed by atoms with E-state index >= 15 is 0 Å². The predicted molar refractivity (Wildman–Crippen MR) is 43.2 cm³/mol. The molecule has 0 aromatic rings. The maximum absolute atomic E-state index is 10.9. The summed E-state index contributed by atoms with van der Waals surface area (Å²) < 4.78 is 4.67. The quantitative estimate of drug-likeness (QED) is 0.559. The van der Waals surface area contributed by atoms with Crippen LogP contribution in [0.3, 0.4) is 0 Å². The van der Waals surface area contributed by atoms with Gasteiger partial charge < -0.3 is 15.0 Å². The van der Waals surface area contributed by atoms with E-state index in [0.29, 0.717) is 13.2 Å². The van der Waals surface area contributed by atoms with E-state index in [4.69, 9.17) is 0 Å². The number of nitrogens with one attached hydrogen (secondary N) is 1. The second-order valence-electron chi connectivity index (χ2n) is 2.59. The molecule has 0 heterocycles. The Balaban J connectivity index is 3.23. The number of methoxy groups -OCH3 is 1. The minimum absolute atomic E-state index is 0.0283. The normalized spacial score (nSPS) is 10.2. The molecule has 0 radical (unpaired) electrons. The highest BCUT2D eigenvalue weighted by molar-refractivity contribution is 5.75. The lowest BCUT2D eigenvalue weighted by molar-refractivity contribution is -0.122. The molecule has 0 saturated carbocycles. The Kier molecular flexibility index (Phi) is 5.78. The minimum Gasteiger partial charge on any atom is -0.364 e. The number of nitrogens with zero attached hydrogens (tertiary/aromatic N) is 1. The van der Waals surface area contributed by atoms with Crippen LogP contribution < -0.4 is 5.32 Å². The number of amides is 1. The molecule has 0 aromatic carbocycles. The molecule has 0 saturated heterocycles. The van der Waals surface area contributed by atoms with Crippen molar-refractivity contribution in [3.8, 4) is 0 Å². The highest BCUT2D eigenvalue weighted by Crippen LogP contribution is 1.82. The second kappa shape index (κ2) is 6.12. The van der Waals surface area contributed by atoms with E-state index in [-0.39, 0.29) is 5.91 Å². The van der Waals surface area contributed by atoms with Crippen LogP contribution >= 0.6 is 0 Å². The zero-order chi connectivity index (χ0) is 8.69. The van der Waals surface area contributed by atoms with Crippen LogP contribution in [-0.4, -0.2) is 45.3 Å². The molecule has 0 rings (SSSR count). The van der Waals surface area contributed by atoms with Gasteiger partial charge in [0.25, 0.3) is 0 Å². The van der Waals surface area contributed by atoms with Crippen molar-refractivity contribution in [2.45, 2.75) is 6.42 Å². The molecule has 1 amide bonds. The van der Waals surface area contributed by atoms with Crippen LogP contribution in [0.2, 0.25) is 0 Å². The number of rotatable bonds is 5. The lowest BCUT2D eigenvalue weighted by atomic mass is 10.4. The van der Waals surface area contributed by atoms with Crippen LogP contribution in [0.15, 0.2) is 0 Å². The molecule has 0 aromatic heterocycles. The van der Waals surface area contributed by atoms with Crippen molar-refractivity contribution >= 4 is 5.91 Å². The maximum atomic E-state index is 10.9. The third-order valence-electron chi connectivity index (χ3n) is 1.20. The standard InChI is InChI=1S/C7H16N2O2/c1-9(2)5-4-7(10)8-6-11-3/h4-6H2,1-3H3,(H,8,10).